The first-order chi connectivity index (χ1) is 15.3. The van der Waals surface area contributed by atoms with Gasteiger partial charge < -0.3 is 10.1 Å². The highest BCUT2D eigenvalue weighted by atomic mass is 16.5. The van der Waals surface area contributed by atoms with Crippen molar-refractivity contribution < 1.29 is 9.53 Å². The summed E-state index contributed by atoms with van der Waals surface area (Å²) >= 11 is 0. The Balaban J connectivity index is 1.85. The van der Waals surface area contributed by atoms with Crippen LogP contribution in [0.5, 0.6) is 5.75 Å². The number of nitriles is 1. The molecule has 0 atom stereocenters. The van der Waals surface area contributed by atoms with E-state index in [0.717, 1.165) is 34.4 Å². The highest BCUT2D eigenvalue weighted by molar-refractivity contribution is 6.10. The highest BCUT2D eigenvalue weighted by Gasteiger charge is 2.13. The van der Waals surface area contributed by atoms with Crippen molar-refractivity contribution in [2.75, 3.05) is 12.4 Å². The van der Waals surface area contributed by atoms with Crippen molar-refractivity contribution in [3.8, 4) is 11.8 Å². The van der Waals surface area contributed by atoms with E-state index in [1.807, 2.05) is 56.3 Å². The van der Waals surface area contributed by atoms with Gasteiger partial charge in [0.1, 0.15) is 17.4 Å². The van der Waals surface area contributed by atoms with Gasteiger partial charge in [-0.2, -0.15) is 5.26 Å². The molecule has 4 nitrogen and oxygen atoms in total. The van der Waals surface area contributed by atoms with Gasteiger partial charge >= 0.3 is 0 Å². The molecule has 3 rings (SSSR count). The zero-order valence-electron chi connectivity index (χ0n) is 19.2. The molecule has 32 heavy (non-hydrogen) atoms. The van der Waals surface area contributed by atoms with Crippen LogP contribution in [0.2, 0.25) is 0 Å². The molecule has 0 unspecified atom stereocenters. The van der Waals surface area contributed by atoms with Gasteiger partial charge in [-0.15, -0.1) is 0 Å². The van der Waals surface area contributed by atoms with Crippen LogP contribution in [-0.4, -0.2) is 13.0 Å². The van der Waals surface area contributed by atoms with Crippen LogP contribution in [0.25, 0.3) is 6.08 Å². The number of nitrogens with zero attached hydrogens (tertiary/aromatic N) is 1. The van der Waals surface area contributed by atoms with Crippen molar-refractivity contribution >= 4 is 17.7 Å². The molecule has 0 spiro atoms. The lowest BCUT2D eigenvalue weighted by molar-refractivity contribution is -0.112. The number of hydrogen-bond donors (Lipinski definition) is 1. The molecule has 4 heteroatoms. The van der Waals surface area contributed by atoms with E-state index in [0.29, 0.717) is 5.69 Å². The first kappa shape index (κ1) is 22.8. The van der Waals surface area contributed by atoms with Crippen LogP contribution < -0.4 is 10.1 Å². The quantitative estimate of drug-likeness (QED) is 0.386. The fraction of sp³-hybridized carbons (Fsp3) is 0.214. The molecule has 0 aliphatic rings. The molecule has 0 radical (unpaired) electrons. The first-order valence-electron chi connectivity index (χ1n) is 10.5. The Morgan fingerprint density at radius 2 is 1.75 bits per heavy atom. The maximum Gasteiger partial charge on any atom is 0.266 e. The summed E-state index contributed by atoms with van der Waals surface area (Å²) in [6, 6.07) is 20.0. The van der Waals surface area contributed by atoms with Crippen molar-refractivity contribution in [1.82, 2.24) is 0 Å². The molecular weight excluding hydrogens is 396 g/mol. The zero-order valence-corrected chi connectivity index (χ0v) is 19.2. The molecule has 0 aromatic heterocycles. The maximum atomic E-state index is 12.7. The minimum Gasteiger partial charge on any atom is -0.496 e. The van der Waals surface area contributed by atoms with E-state index in [4.69, 9.17) is 4.74 Å². The Morgan fingerprint density at radius 3 is 2.41 bits per heavy atom. The molecule has 1 N–H and O–H groups in total. The molecular formula is C28H28N2O2. The fourth-order valence-electron chi connectivity index (χ4n) is 3.78. The Bertz CT molecular complexity index is 1210. The molecule has 0 saturated heterocycles. The van der Waals surface area contributed by atoms with Crippen molar-refractivity contribution in [1.29, 1.82) is 5.26 Å². The molecule has 0 aliphatic carbocycles. The van der Waals surface area contributed by atoms with E-state index in [-0.39, 0.29) is 5.57 Å². The standard InChI is InChI=1S/C28H28N2O2/c1-18-11-19(2)13-23(12-18)15-24-10-9-22(16-27(24)32-5)14-25(17-29)28(31)30-26-8-6-7-20(3)21(26)4/h6-14,16H,15H2,1-5H3,(H,30,31)/b25-14+. The predicted molar refractivity (Wildman–Crippen MR) is 130 cm³/mol. The van der Waals surface area contributed by atoms with E-state index in [2.05, 4.69) is 37.4 Å². The highest BCUT2D eigenvalue weighted by Crippen LogP contribution is 2.26. The van der Waals surface area contributed by atoms with Crippen LogP contribution in [0, 0.1) is 39.0 Å². The third kappa shape index (κ3) is 5.44. The van der Waals surface area contributed by atoms with E-state index in [1.54, 1.807) is 13.2 Å². The SMILES string of the molecule is COc1cc(/C=C(\C#N)C(=O)Nc2cccc(C)c2C)ccc1Cc1cc(C)cc(C)c1. The van der Waals surface area contributed by atoms with Crippen LogP contribution in [-0.2, 0) is 11.2 Å². The molecule has 0 heterocycles. The van der Waals surface area contributed by atoms with Crippen LogP contribution in [0.1, 0.15) is 38.9 Å². The lowest BCUT2D eigenvalue weighted by Gasteiger charge is -2.12. The number of anilines is 1. The van der Waals surface area contributed by atoms with Gasteiger partial charge in [-0.3, -0.25) is 4.79 Å². The number of ether oxygens (including phenoxy) is 1. The number of aryl methyl sites for hydroxylation is 3. The third-order valence-electron chi connectivity index (χ3n) is 5.52. The Morgan fingerprint density at radius 1 is 1.03 bits per heavy atom. The molecule has 0 bridgehead atoms. The molecule has 0 aliphatic heterocycles. The smallest absolute Gasteiger partial charge is 0.266 e. The molecule has 0 fully saturated rings. The van der Waals surface area contributed by atoms with Gasteiger partial charge in [-0.05, 0) is 73.7 Å². The van der Waals surface area contributed by atoms with Crippen LogP contribution >= 0.6 is 0 Å². The van der Waals surface area contributed by atoms with Crippen LogP contribution in [0.15, 0.2) is 60.2 Å². The van der Waals surface area contributed by atoms with Gasteiger partial charge in [0, 0.05) is 12.1 Å². The van der Waals surface area contributed by atoms with Gasteiger partial charge in [-0.25, -0.2) is 0 Å². The number of carbonyl (C=O) groups excluding carboxylic acids is 1. The number of amides is 1. The number of benzene rings is 3. The Kier molecular flexibility index (Phi) is 7.12. The fourth-order valence-corrected chi connectivity index (χ4v) is 3.78. The second-order valence-electron chi connectivity index (χ2n) is 8.12. The lowest BCUT2D eigenvalue weighted by Crippen LogP contribution is -2.14. The molecule has 3 aromatic carbocycles. The Labute approximate surface area is 190 Å². The first-order valence-corrected chi connectivity index (χ1v) is 10.5. The average molecular weight is 425 g/mol. The van der Waals surface area contributed by atoms with E-state index >= 15 is 0 Å². The van der Waals surface area contributed by atoms with E-state index in [9.17, 15) is 10.1 Å². The molecule has 3 aromatic rings. The van der Waals surface area contributed by atoms with Crippen LogP contribution in [0.3, 0.4) is 0 Å². The second kappa shape index (κ2) is 9.98. The van der Waals surface area contributed by atoms with E-state index < -0.39 is 5.91 Å². The van der Waals surface area contributed by atoms with Gasteiger partial charge in [-0.1, -0.05) is 53.6 Å². The Hall–Kier alpha value is -3.84. The van der Waals surface area contributed by atoms with Crippen molar-refractivity contribution in [3.63, 3.8) is 0 Å². The zero-order chi connectivity index (χ0) is 23.3. The second-order valence-corrected chi connectivity index (χ2v) is 8.12. The number of carbonyl (C=O) groups is 1. The van der Waals surface area contributed by atoms with Crippen molar-refractivity contribution in [3.05, 3.63) is 99.1 Å². The predicted octanol–water partition coefficient (Wildman–Crippen LogP) is 6.07. The number of nitrogens with one attached hydrogen (secondary N) is 1. The maximum absolute atomic E-state index is 12.7. The monoisotopic (exact) mass is 424 g/mol. The minimum absolute atomic E-state index is 0.0371. The van der Waals surface area contributed by atoms with Gasteiger partial charge in [0.15, 0.2) is 0 Å². The average Bonchev–Trinajstić information content (AvgIpc) is 2.75. The van der Waals surface area contributed by atoms with Crippen LogP contribution in [0.4, 0.5) is 5.69 Å². The van der Waals surface area contributed by atoms with Crippen molar-refractivity contribution in [2.24, 2.45) is 0 Å². The molecule has 0 saturated carbocycles. The summed E-state index contributed by atoms with van der Waals surface area (Å²) in [5.41, 5.74) is 8.26. The summed E-state index contributed by atoms with van der Waals surface area (Å²) in [5.74, 6) is 0.296. The summed E-state index contributed by atoms with van der Waals surface area (Å²) in [6.07, 6.45) is 2.33. The van der Waals surface area contributed by atoms with Gasteiger partial charge in [0.2, 0.25) is 0 Å². The summed E-state index contributed by atoms with van der Waals surface area (Å²) in [5, 5.41) is 12.4. The number of methoxy groups -OCH3 is 1. The summed E-state index contributed by atoms with van der Waals surface area (Å²) in [4.78, 5) is 12.7. The van der Waals surface area contributed by atoms with Gasteiger partial charge in [0.25, 0.3) is 5.91 Å². The minimum atomic E-state index is -0.431. The van der Waals surface area contributed by atoms with E-state index in [1.165, 1.54) is 16.7 Å². The number of rotatable bonds is 6. The molecule has 162 valence electrons. The molecule has 1 amide bonds. The number of hydrogen-bond acceptors (Lipinski definition) is 3. The topological polar surface area (TPSA) is 62.1 Å². The summed E-state index contributed by atoms with van der Waals surface area (Å²) < 4.78 is 5.61. The summed E-state index contributed by atoms with van der Waals surface area (Å²) in [7, 11) is 1.63. The normalized spacial score (nSPS) is 11.1. The van der Waals surface area contributed by atoms with Gasteiger partial charge in [0.05, 0.1) is 7.11 Å². The third-order valence-corrected chi connectivity index (χ3v) is 5.52. The lowest BCUT2D eigenvalue weighted by atomic mass is 9.98. The largest absolute Gasteiger partial charge is 0.496 e. The summed E-state index contributed by atoms with van der Waals surface area (Å²) in [6.45, 7) is 8.11. The van der Waals surface area contributed by atoms with Crippen molar-refractivity contribution in [2.45, 2.75) is 34.1 Å².